The first kappa shape index (κ1) is 11.9. The molecule has 84 valence electrons. The fourth-order valence-corrected chi connectivity index (χ4v) is 1.26. The van der Waals surface area contributed by atoms with E-state index in [4.69, 9.17) is 5.11 Å². The van der Waals surface area contributed by atoms with Gasteiger partial charge in [-0.25, -0.2) is 8.78 Å². The van der Waals surface area contributed by atoms with Crippen LogP contribution in [0.2, 0.25) is 0 Å². The van der Waals surface area contributed by atoms with Crippen molar-refractivity contribution in [3.63, 3.8) is 0 Å². The molecule has 0 heterocycles. The minimum Gasteiger partial charge on any atom is -0.497 e. The normalized spacial score (nSPS) is 12.6. The van der Waals surface area contributed by atoms with Crippen molar-refractivity contribution in [2.75, 3.05) is 13.7 Å². The van der Waals surface area contributed by atoms with Crippen LogP contribution in [0, 0.1) is 11.6 Å². The largest absolute Gasteiger partial charge is 0.497 e. The first-order valence-corrected chi connectivity index (χ1v) is 4.42. The van der Waals surface area contributed by atoms with Crippen LogP contribution >= 0.6 is 0 Å². The standard InChI is InChI=1S/C10H12F2O3/c1-15-6-4-7(11)10(8(12)5-6)9(14)2-3-13/h4-5,9,13-14H,2-3H2,1H3. The van der Waals surface area contributed by atoms with Crippen LogP contribution in [0.25, 0.3) is 0 Å². The molecule has 3 nitrogen and oxygen atoms in total. The lowest BCUT2D eigenvalue weighted by atomic mass is 10.1. The number of rotatable bonds is 4. The Morgan fingerprint density at radius 2 is 1.87 bits per heavy atom. The van der Waals surface area contributed by atoms with Crippen LogP contribution in [-0.2, 0) is 0 Å². The Hall–Kier alpha value is -1.20. The molecule has 15 heavy (non-hydrogen) atoms. The molecule has 0 saturated carbocycles. The minimum atomic E-state index is -1.35. The van der Waals surface area contributed by atoms with Gasteiger partial charge in [-0.1, -0.05) is 0 Å². The third-order valence-corrected chi connectivity index (χ3v) is 2.02. The first-order chi connectivity index (χ1) is 7.10. The lowest BCUT2D eigenvalue weighted by Crippen LogP contribution is -2.06. The van der Waals surface area contributed by atoms with Crippen molar-refractivity contribution in [3.05, 3.63) is 29.3 Å². The molecule has 0 amide bonds. The Morgan fingerprint density at radius 3 is 2.27 bits per heavy atom. The highest BCUT2D eigenvalue weighted by atomic mass is 19.1. The van der Waals surface area contributed by atoms with Crippen molar-refractivity contribution < 1.29 is 23.7 Å². The zero-order valence-corrected chi connectivity index (χ0v) is 8.20. The third kappa shape index (κ3) is 2.64. The van der Waals surface area contributed by atoms with Crippen molar-refractivity contribution in [2.24, 2.45) is 0 Å². The Morgan fingerprint density at radius 1 is 1.33 bits per heavy atom. The Kier molecular flexibility index (Phi) is 3.99. The van der Waals surface area contributed by atoms with Crippen LogP contribution < -0.4 is 4.74 Å². The number of benzene rings is 1. The van der Waals surface area contributed by atoms with Crippen LogP contribution in [0.3, 0.4) is 0 Å². The zero-order valence-electron chi connectivity index (χ0n) is 8.20. The number of ether oxygens (including phenoxy) is 1. The summed E-state index contributed by atoms with van der Waals surface area (Å²) in [4.78, 5) is 0. The van der Waals surface area contributed by atoms with Gasteiger partial charge in [0.05, 0.1) is 18.8 Å². The lowest BCUT2D eigenvalue weighted by molar-refractivity contribution is 0.127. The fraction of sp³-hybridized carbons (Fsp3) is 0.400. The van der Waals surface area contributed by atoms with E-state index in [2.05, 4.69) is 4.74 Å². The van der Waals surface area contributed by atoms with Crippen molar-refractivity contribution >= 4 is 0 Å². The molecule has 1 rings (SSSR count). The predicted octanol–water partition coefficient (Wildman–Crippen LogP) is 1.39. The maximum atomic E-state index is 13.3. The molecule has 1 atom stereocenters. The number of hydrogen-bond donors (Lipinski definition) is 2. The number of aliphatic hydroxyl groups excluding tert-OH is 2. The molecule has 0 radical (unpaired) electrons. The number of methoxy groups -OCH3 is 1. The lowest BCUT2D eigenvalue weighted by Gasteiger charge is -2.12. The zero-order chi connectivity index (χ0) is 11.4. The highest BCUT2D eigenvalue weighted by Crippen LogP contribution is 2.27. The van der Waals surface area contributed by atoms with E-state index in [1.165, 1.54) is 7.11 Å². The fourth-order valence-electron chi connectivity index (χ4n) is 1.26. The molecule has 5 heteroatoms. The van der Waals surface area contributed by atoms with Gasteiger partial charge < -0.3 is 14.9 Å². The molecule has 1 unspecified atom stereocenters. The average molecular weight is 218 g/mol. The van der Waals surface area contributed by atoms with Gasteiger partial charge in [0.15, 0.2) is 0 Å². The van der Waals surface area contributed by atoms with Gasteiger partial charge in [-0.3, -0.25) is 0 Å². The van der Waals surface area contributed by atoms with Crippen molar-refractivity contribution in [1.29, 1.82) is 0 Å². The number of halogens is 2. The van der Waals surface area contributed by atoms with E-state index < -0.39 is 23.3 Å². The van der Waals surface area contributed by atoms with Gasteiger partial charge in [0.25, 0.3) is 0 Å². The van der Waals surface area contributed by atoms with Gasteiger partial charge in [-0.15, -0.1) is 0 Å². The summed E-state index contributed by atoms with van der Waals surface area (Å²) in [6.45, 7) is -0.341. The Bertz CT molecular complexity index is 318. The van der Waals surface area contributed by atoms with Crippen LogP contribution in [-0.4, -0.2) is 23.9 Å². The monoisotopic (exact) mass is 218 g/mol. The molecule has 0 aliphatic carbocycles. The second kappa shape index (κ2) is 5.04. The Balaban J connectivity index is 3.07. The van der Waals surface area contributed by atoms with Gasteiger partial charge in [0.1, 0.15) is 17.4 Å². The summed E-state index contributed by atoms with van der Waals surface area (Å²) in [7, 11) is 1.29. The van der Waals surface area contributed by atoms with Crippen LogP contribution in [0.5, 0.6) is 5.75 Å². The number of aliphatic hydroxyl groups is 2. The summed E-state index contributed by atoms with van der Waals surface area (Å²) in [6, 6.07) is 1.97. The van der Waals surface area contributed by atoms with Crippen LogP contribution in [0.15, 0.2) is 12.1 Å². The molecule has 0 aromatic heterocycles. The van der Waals surface area contributed by atoms with E-state index in [0.29, 0.717) is 0 Å². The second-order valence-corrected chi connectivity index (χ2v) is 3.03. The van der Waals surface area contributed by atoms with E-state index in [1.807, 2.05) is 0 Å². The summed E-state index contributed by atoms with van der Waals surface area (Å²) < 4.78 is 31.3. The summed E-state index contributed by atoms with van der Waals surface area (Å²) in [5.41, 5.74) is -0.440. The van der Waals surface area contributed by atoms with Gasteiger partial charge in [-0.05, 0) is 0 Å². The van der Waals surface area contributed by atoms with Crippen molar-refractivity contribution in [2.45, 2.75) is 12.5 Å². The molecule has 0 aliphatic rings. The first-order valence-electron chi connectivity index (χ1n) is 4.42. The van der Waals surface area contributed by atoms with E-state index in [0.717, 1.165) is 12.1 Å². The van der Waals surface area contributed by atoms with Gasteiger partial charge in [0, 0.05) is 25.2 Å². The quantitative estimate of drug-likeness (QED) is 0.802. The van der Waals surface area contributed by atoms with Crippen molar-refractivity contribution in [3.8, 4) is 5.75 Å². The SMILES string of the molecule is COc1cc(F)c(C(O)CCO)c(F)c1. The summed E-state index contributed by atoms with van der Waals surface area (Å²) >= 11 is 0. The highest BCUT2D eigenvalue weighted by molar-refractivity contribution is 5.31. The molecular formula is C10H12F2O3. The average Bonchev–Trinajstić information content (AvgIpc) is 2.16. The van der Waals surface area contributed by atoms with Crippen LogP contribution in [0.4, 0.5) is 8.78 Å². The van der Waals surface area contributed by atoms with Crippen LogP contribution in [0.1, 0.15) is 18.1 Å². The molecule has 1 aromatic carbocycles. The molecule has 0 bridgehead atoms. The summed E-state index contributed by atoms with van der Waals surface area (Å²) in [5, 5.41) is 17.9. The van der Waals surface area contributed by atoms with Gasteiger partial charge in [0.2, 0.25) is 0 Å². The van der Waals surface area contributed by atoms with Gasteiger partial charge >= 0.3 is 0 Å². The minimum absolute atomic E-state index is 0.0462. The summed E-state index contributed by atoms with van der Waals surface area (Å²) in [6.07, 6.45) is -1.46. The third-order valence-electron chi connectivity index (χ3n) is 2.02. The number of hydrogen-bond acceptors (Lipinski definition) is 3. The molecule has 0 spiro atoms. The predicted molar refractivity (Wildman–Crippen MR) is 49.6 cm³/mol. The molecular weight excluding hydrogens is 206 g/mol. The molecule has 1 aromatic rings. The maximum absolute atomic E-state index is 13.3. The van der Waals surface area contributed by atoms with E-state index >= 15 is 0 Å². The Labute approximate surface area is 85.9 Å². The topological polar surface area (TPSA) is 49.7 Å². The van der Waals surface area contributed by atoms with Gasteiger partial charge in [-0.2, -0.15) is 0 Å². The second-order valence-electron chi connectivity index (χ2n) is 3.03. The molecule has 0 fully saturated rings. The molecule has 2 N–H and O–H groups in total. The smallest absolute Gasteiger partial charge is 0.135 e. The van der Waals surface area contributed by atoms with E-state index in [9.17, 15) is 13.9 Å². The maximum Gasteiger partial charge on any atom is 0.135 e. The summed E-state index contributed by atoms with van der Waals surface area (Å²) in [5.74, 6) is -1.72. The van der Waals surface area contributed by atoms with Crippen molar-refractivity contribution in [1.82, 2.24) is 0 Å². The van der Waals surface area contributed by atoms with E-state index in [1.54, 1.807) is 0 Å². The highest BCUT2D eigenvalue weighted by Gasteiger charge is 2.18. The molecule has 0 aliphatic heterocycles. The van der Waals surface area contributed by atoms with E-state index in [-0.39, 0.29) is 18.8 Å². The molecule has 0 saturated heterocycles.